The molecule has 0 bridgehead atoms. The lowest BCUT2D eigenvalue weighted by molar-refractivity contribution is 0.170. The molecule has 2 amide bonds. The summed E-state index contributed by atoms with van der Waals surface area (Å²) in [6.07, 6.45) is 4.21. The minimum atomic E-state index is 0.0871. The van der Waals surface area contributed by atoms with E-state index in [0.29, 0.717) is 12.5 Å². The van der Waals surface area contributed by atoms with Crippen LogP contribution >= 0.6 is 0 Å². The van der Waals surface area contributed by atoms with Crippen LogP contribution in [0.5, 0.6) is 0 Å². The standard InChI is InChI=1S/C21H26N2O/c24-21(22-14-11-18-7-3-1-4-8-18)23-15-12-20(13-16-23)17-19-9-5-2-6-10-19/h1-10,20H,11-17H2,(H,22,24). The molecule has 3 nitrogen and oxygen atoms in total. The molecule has 0 spiro atoms. The predicted molar refractivity (Wildman–Crippen MR) is 98.0 cm³/mol. The van der Waals surface area contributed by atoms with Gasteiger partial charge >= 0.3 is 6.03 Å². The summed E-state index contributed by atoms with van der Waals surface area (Å²) in [6, 6.07) is 21.0. The van der Waals surface area contributed by atoms with E-state index in [2.05, 4.69) is 47.8 Å². The Hall–Kier alpha value is -2.29. The number of nitrogens with one attached hydrogen (secondary N) is 1. The highest BCUT2D eigenvalue weighted by molar-refractivity contribution is 5.74. The second-order valence-electron chi connectivity index (χ2n) is 6.59. The van der Waals surface area contributed by atoms with Crippen molar-refractivity contribution < 1.29 is 4.79 Å². The summed E-state index contributed by atoms with van der Waals surface area (Å²) in [5.74, 6) is 0.695. The van der Waals surface area contributed by atoms with Gasteiger partial charge in [-0.3, -0.25) is 0 Å². The molecule has 0 unspecified atom stereocenters. The quantitative estimate of drug-likeness (QED) is 0.890. The molecule has 1 heterocycles. The van der Waals surface area contributed by atoms with Crippen molar-refractivity contribution in [1.82, 2.24) is 10.2 Å². The van der Waals surface area contributed by atoms with E-state index in [0.717, 1.165) is 38.8 Å². The monoisotopic (exact) mass is 322 g/mol. The summed E-state index contributed by atoms with van der Waals surface area (Å²) < 4.78 is 0. The van der Waals surface area contributed by atoms with Crippen molar-refractivity contribution >= 4 is 6.03 Å². The number of likely N-dealkylation sites (tertiary alicyclic amines) is 1. The van der Waals surface area contributed by atoms with Crippen molar-refractivity contribution in [2.45, 2.75) is 25.7 Å². The zero-order chi connectivity index (χ0) is 16.6. The molecule has 1 fully saturated rings. The van der Waals surface area contributed by atoms with E-state index in [1.165, 1.54) is 11.1 Å². The van der Waals surface area contributed by atoms with Crippen molar-refractivity contribution in [3.63, 3.8) is 0 Å². The molecule has 126 valence electrons. The summed E-state index contributed by atoms with van der Waals surface area (Å²) in [4.78, 5) is 14.2. The zero-order valence-corrected chi connectivity index (χ0v) is 14.2. The van der Waals surface area contributed by atoms with Gasteiger partial charge in [-0.1, -0.05) is 60.7 Å². The molecular weight excluding hydrogens is 296 g/mol. The number of nitrogens with zero attached hydrogens (tertiary/aromatic N) is 1. The van der Waals surface area contributed by atoms with Crippen LogP contribution in [-0.4, -0.2) is 30.6 Å². The molecule has 1 aliphatic rings. The fourth-order valence-electron chi connectivity index (χ4n) is 3.36. The van der Waals surface area contributed by atoms with Crippen LogP contribution in [0.2, 0.25) is 0 Å². The normalized spacial score (nSPS) is 15.2. The Morgan fingerprint density at radius 3 is 2.12 bits per heavy atom. The third kappa shape index (κ3) is 4.85. The molecular formula is C21H26N2O. The second-order valence-corrected chi connectivity index (χ2v) is 6.59. The molecule has 0 radical (unpaired) electrons. The Balaban J connectivity index is 1.37. The maximum absolute atomic E-state index is 12.3. The minimum Gasteiger partial charge on any atom is -0.338 e. The van der Waals surface area contributed by atoms with Gasteiger partial charge in [0.25, 0.3) is 0 Å². The van der Waals surface area contributed by atoms with Crippen LogP contribution in [0.15, 0.2) is 60.7 Å². The summed E-state index contributed by atoms with van der Waals surface area (Å²) >= 11 is 0. The highest BCUT2D eigenvalue weighted by Crippen LogP contribution is 2.21. The Morgan fingerprint density at radius 2 is 1.50 bits per heavy atom. The Bertz CT molecular complexity index is 619. The van der Waals surface area contributed by atoms with Gasteiger partial charge in [0.2, 0.25) is 0 Å². The summed E-state index contributed by atoms with van der Waals surface area (Å²) in [5, 5.41) is 3.05. The van der Waals surface area contributed by atoms with E-state index >= 15 is 0 Å². The molecule has 0 saturated carbocycles. The van der Waals surface area contributed by atoms with Crippen molar-refractivity contribution in [2.24, 2.45) is 5.92 Å². The number of urea groups is 1. The Morgan fingerprint density at radius 1 is 0.917 bits per heavy atom. The zero-order valence-electron chi connectivity index (χ0n) is 14.2. The Kier molecular flexibility index (Phi) is 5.89. The largest absolute Gasteiger partial charge is 0.338 e. The van der Waals surface area contributed by atoms with Gasteiger partial charge in [-0.05, 0) is 42.7 Å². The first-order valence-electron chi connectivity index (χ1n) is 8.92. The van der Waals surface area contributed by atoms with Gasteiger partial charge in [0.1, 0.15) is 0 Å². The van der Waals surface area contributed by atoms with Gasteiger partial charge in [0.15, 0.2) is 0 Å². The fourth-order valence-corrected chi connectivity index (χ4v) is 3.36. The number of carbonyl (C=O) groups excluding carboxylic acids is 1. The highest BCUT2D eigenvalue weighted by Gasteiger charge is 2.22. The van der Waals surface area contributed by atoms with Crippen LogP contribution in [-0.2, 0) is 12.8 Å². The molecule has 0 aromatic heterocycles. The average molecular weight is 322 g/mol. The molecule has 3 rings (SSSR count). The highest BCUT2D eigenvalue weighted by atomic mass is 16.2. The van der Waals surface area contributed by atoms with Crippen LogP contribution < -0.4 is 5.32 Å². The first-order chi connectivity index (χ1) is 11.8. The first-order valence-corrected chi connectivity index (χ1v) is 8.92. The molecule has 0 atom stereocenters. The topological polar surface area (TPSA) is 32.3 Å². The van der Waals surface area contributed by atoms with E-state index in [1.54, 1.807) is 0 Å². The first kappa shape index (κ1) is 16.6. The van der Waals surface area contributed by atoms with E-state index in [1.807, 2.05) is 23.1 Å². The lowest BCUT2D eigenvalue weighted by Gasteiger charge is -2.32. The van der Waals surface area contributed by atoms with Gasteiger partial charge in [0.05, 0.1) is 0 Å². The number of hydrogen-bond acceptors (Lipinski definition) is 1. The van der Waals surface area contributed by atoms with Gasteiger partial charge in [-0.2, -0.15) is 0 Å². The van der Waals surface area contributed by atoms with Gasteiger partial charge in [-0.15, -0.1) is 0 Å². The SMILES string of the molecule is O=C(NCCc1ccccc1)N1CCC(Cc2ccccc2)CC1. The van der Waals surface area contributed by atoms with Crippen LogP contribution in [0, 0.1) is 5.92 Å². The van der Waals surface area contributed by atoms with Crippen LogP contribution in [0.3, 0.4) is 0 Å². The maximum Gasteiger partial charge on any atom is 0.317 e. The van der Waals surface area contributed by atoms with Crippen molar-refractivity contribution in [3.8, 4) is 0 Å². The predicted octanol–water partition coefficient (Wildman–Crippen LogP) is 3.89. The number of carbonyl (C=O) groups is 1. The molecule has 3 heteroatoms. The molecule has 2 aromatic carbocycles. The van der Waals surface area contributed by atoms with Gasteiger partial charge in [0, 0.05) is 19.6 Å². The maximum atomic E-state index is 12.3. The third-order valence-electron chi connectivity index (χ3n) is 4.80. The van der Waals surface area contributed by atoms with Crippen molar-refractivity contribution in [2.75, 3.05) is 19.6 Å². The lowest BCUT2D eigenvalue weighted by atomic mass is 9.90. The van der Waals surface area contributed by atoms with E-state index in [4.69, 9.17) is 0 Å². The van der Waals surface area contributed by atoms with Crippen molar-refractivity contribution in [1.29, 1.82) is 0 Å². The number of amides is 2. The van der Waals surface area contributed by atoms with Crippen LogP contribution in [0.4, 0.5) is 4.79 Å². The van der Waals surface area contributed by atoms with E-state index < -0.39 is 0 Å². The van der Waals surface area contributed by atoms with E-state index in [9.17, 15) is 4.79 Å². The number of piperidine rings is 1. The number of hydrogen-bond donors (Lipinski definition) is 1. The molecule has 0 aliphatic carbocycles. The molecule has 1 saturated heterocycles. The molecule has 24 heavy (non-hydrogen) atoms. The Labute approximate surface area is 144 Å². The number of benzene rings is 2. The third-order valence-corrected chi connectivity index (χ3v) is 4.80. The van der Waals surface area contributed by atoms with E-state index in [-0.39, 0.29) is 6.03 Å². The van der Waals surface area contributed by atoms with Crippen molar-refractivity contribution in [3.05, 3.63) is 71.8 Å². The van der Waals surface area contributed by atoms with Gasteiger partial charge in [-0.25, -0.2) is 4.79 Å². The second kappa shape index (κ2) is 8.53. The summed E-state index contributed by atoms with van der Waals surface area (Å²) in [6.45, 7) is 2.44. The minimum absolute atomic E-state index is 0.0871. The smallest absolute Gasteiger partial charge is 0.317 e. The van der Waals surface area contributed by atoms with Crippen LogP contribution in [0.25, 0.3) is 0 Å². The molecule has 2 aromatic rings. The number of rotatable bonds is 5. The lowest BCUT2D eigenvalue weighted by Crippen LogP contribution is -2.45. The van der Waals surface area contributed by atoms with Crippen LogP contribution in [0.1, 0.15) is 24.0 Å². The molecule has 1 N–H and O–H groups in total. The summed E-state index contributed by atoms with van der Waals surface area (Å²) in [5.41, 5.74) is 2.67. The molecule has 1 aliphatic heterocycles. The van der Waals surface area contributed by atoms with Gasteiger partial charge < -0.3 is 10.2 Å². The fraction of sp³-hybridized carbons (Fsp3) is 0.381. The summed E-state index contributed by atoms with van der Waals surface area (Å²) in [7, 11) is 0. The average Bonchev–Trinajstić information content (AvgIpc) is 2.64.